The lowest BCUT2D eigenvalue weighted by Crippen LogP contribution is -2.16. The highest BCUT2D eigenvalue weighted by molar-refractivity contribution is 5.91. The molecule has 0 saturated carbocycles. The second-order valence-corrected chi connectivity index (χ2v) is 6.82. The topological polar surface area (TPSA) is 29.5 Å². The third kappa shape index (κ3) is 5.81. The van der Waals surface area contributed by atoms with Gasteiger partial charge in [-0.15, -0.1) is 12.4 Å². The summed E-state index contributed by atoms with van der Waals surface area (Å²) in [6, 6.07) is 22.5. The van der Waals surface area contributed by atoms with Crippen molar-refractivity contribution in [3.63, 3.8) is 0 Å². The van der Waals surface area contributed by atoms with Crippen LogP contribution in [-0.2, 0) is 11.2 Å². The van der Waals surface area contributed by atoms with Gasteiger partial charge in [0.2, 0.25) is 0 Å². The predicted molar refractivity (Wildman–Crippen MR) is 114 cm³/mol. The van der Waals surface area contributed by atoms with Gasteiger partial charge in [-0.2, -0.15) is 0 Å². The Hall–Kier alpha value is -2.36. The molecule has 0 amide bonds. The van der Waals surface area contributed by atoms with Gasteiger partial charge in [0.25, 0.3) is 0 Å². The Morgan fingerprint density at radius 3 is 2.37 bits per heavy atom. The predicted octanol–water partition coefficient (Wildman–Crippen LogP) is 5.10. The second-order valence-electron chi connectivity index (χ2n) is 6.82. The molecule has 4 heteroatoms. The van der Waals surface area contributed by atoms with Gasteiger partial charge < -0.3 is 9.64 Å². The van der Waals surface area contributed by atoms with Gasteiger partial charge in [0.1, 0.15) is 5.75 Å². The number of nitrogens with zero attached hydrogens (tertiary/aromatic N) is 1. The van der Waals surface area contributed by atoms with Gasteiger partial charge in [-0.3, -0.25) is 4.79 Å². The highest BCUT2D eigenvalue weighted by Gasteiger charge is 2.14. The van der Waals surface area contributed by atoms with Gasteiger partial charge in [0, 0.05) is 18.2 Å². The summed E-state index contributed by atoms with van der Waals surface area (Å²) in [5.74, 6) is 0.527. The van der Waals surface area contributed by atoms with Crippen molar-refractivity contribution in [1.82, 2.24) is 4.90 Å². The van der Waals surface area contributed by atoms with Gasteiger partial charge in [-0.25, -0.2) is 0 Å². The van der Waals surface area contributed by atoms with E-state index in [2.05, 4.69) is 29.2 Å². The van der Waals surface area contributed by atoms with E-state index in [1.54, 1.807) is 0 Å². The summed E-state index contributed by atoms with van der Waals surface area (Å²) in [7, 11) is 4.02. The zero-order valence-electron chi connectivity index (χ0n) is 15.9. The van der Waals surface area contributed by atoms with Crippen LogP contribution in [0.25, 0.3) is 10.8 Å². The first-order chi connectivity index (χ1) is 12.6. The molecule has 3 rings (SSSR count). The van der Waals surface area contributed by atoms with Crippen molar-refractivity contribution in [2.45, 2.75) is 19.3 Å². The Morgan fingerprint density at radius 1 is 0.926 bits per heavy atom. The quantitative estimate of drug-likeness (QED) is 0.420. The first-order valence-electron chi connectivity index (χ1n) is 9.03. The number of esters is 1. The molecule has 0 aromatic heterocycles. The molecule has 0 N–H and O–H groups in total. The Labute approximate surface area is 167 Å². The van der Waals surface area contributed by atoms with Crippen molar-refractivity contribution >= 4 is 29.1 Å². The fourth-order valence-corrected chi connectivity index (χ4v) is 3.07. The molecule has 0 radical (unpaired) electrons. The summed E-state index contributed by atoms with van der Waals surface area (Å²) in [5, 5.41) is 2.07. The molecule has 0 aliphatic carbocycles. The van der Waals surface area contributed by atoms with Crippen LogP contribution in [0.1, 0.15) is 24.0 Å². The van der Waals surface area contributed by atoms with E-state index in [0.29, 0.717) is 12.2 Å². The van der Waals surface area contributed by atoms with E-state index < -0.39 is 0 Å². The van der Waals surface area contributed by atoms with Crippen molar-refractivity contribution in [2.75, 3.05) is 20.6 Å². The van der Waals surface area contributed by atoms with Crippen LogP contribution in [-0.4, -0.2) is 31.5 Å². The highest BCUT2D eigenvalue weighted by Crippen LogP contribution is 2.32. The average molecular weight is 384 g/mol. The van der Waals surface area contributed by atoms with E-state index in [1.165, 1.54) is 5.56 Å². The molecule has 0 bridgehead atoms. The summed E-state index contributed by atoms with van der Waals surface area (Å²) in [6.07, 6.45) is 1.96. The largest absolute Gasteiger partial charge is 0.426 e. The van der Waals surface area contributed by atoms with Gasteiger partial charge >= 0.3 is 5.97 Å². The molecule has 0 fully saturated rings. The first kappa shape index (κ1) is 20.9. The number of hydrogen-bond acceptors (Lipinski definition) is 3. The van der Waals surface area contributed by atoms with Crippen molar-refractivity contribution in [3.05, 3.63) is 77.9 Å². The maximum atomic E-state index is 12.4. The fraction of sp³-hybridized carbons (Fsp3) is 0.261. The third-order valence-corrected chi connectivity index (χ3v) is 4.40. The van der Waals surface area contributed by atoms with Crippen LogP contribution in [0.3, 0.4) is 0 Å². The lowest BCUT2D eigenvalue weighted by Gasteiger charge is -2.14. The van der Waals surface area contributed by atoms with Gasteiger partial charge in [0.15, 0.2) is 0 Å². The molecule has 0 unspecified atom stereocenters. The third-order valence-electron chi connectivity index (χ3n) is 4.40. The van der Waals surface area contributed by atoms with Crippen molar-refractivity contribution in [1.29, 1.82) is 0 Å². The maximum Gasteiger partial charge on any atom is 0.311 e. The minimum absolute atomic E-state index is 0. The number of halogens is 1. The van der Waals surface area contributed by atoms with Crippen LogP contribution in [0.15, 0.2) is 66.7 Å². The molecule has 3 nitrogen and oxygen atoms in total. The summed E-state index contributed by atoms with van der Waals surface area (Å²) < 4.78 is 5.86. The first-order valence-corrected chi connectivity index (χ1v) is 9.03. The van der Waals surface area contributed by atoms with E-state index in [9.17, 15) is 4.79 Å². The monoisotopic (exact) mass is 383 g/mol. The molecule has 0 spiro atoms. The lowest BCUT2D eigenvalue weighted by atomic mass is 9.99. The van der Waals surface area contributed by atoms with E-state index >= 15 is 0 Å². The molecule has 0 heterocycles. The van der Waals surface area contributed by atoms with Crippen molar-refractivity contribution < 1.29 is 9.53 Å². The molecular formula is C23H26ClNO2. The Kier molecular flexibility index (Phi) is 7.83. The number of ether oxygens (including phenoxy) is 1. The lowest BCUT2D eigenvalue weighted by molar-refractivity contribution is -0.134. The molecule has 0 aliphatic rings. The Morgan fingerprint density at radius 2 is 1.63 bits per heavy atom. The Bertz CT molecular complexity index is 878. The number of carbonyl (C=O) groups is 1. The molecule has 27 heavy (non-hydrogen) atoms. The Balaban J connectivity index is 0.00000261. The molecule has 142 valence electrons. The number of fused-ring (bicyclic) bond motifs is 1. The number of benzene rings is 3. The maximum absolute atomic E-state index is 12.4. The van der Waals surface area contributed by atoms with Crippen molar-refractivity contribution in [3.8, 4) is 5.75 Å². The molecular weight excluding hydrogens is 358 g/mol. The van der Waals surface area contributed by atoms with Gasteiger partial charge in [0.05, 0.1) is 0 Å². The minimum atomic E-state index is -0.169. The average Bonchev–Trinajstić information content (AvgIpc) is 2.64. The van der Waals surface area contributed by atoms with Crippen molar-refractivity contribution in [2.24, 2.45) is 0 Å². The van der Waals surface area contributed by atoms with Gasteiger partial charge in [-0.1, -0.05) is 66.7 Å². The van der Waals surface area contributed by atoms with Crippen LogP contribution < -0.4 is 4.74 Å². The zero-order valence-corrected chi connectivity index (χ0v) is 16.7. The molecule has 3 aromatic rings. The zero-order chi connectivity index (χ0) is 18.4. The van der Waals surface area contributed by atoms with Crippen LogP contribution >= 0.6 is 12.4 Å². The van der Waals surface area contributed by atoms with Crippen LogP contribution in [0.2, 0.25) is 0 Å². The molecule has 0 aliphatic heterocycles. The van der Waals surface area contributed by atoms with Crippen LogP contribution in [0, 0.1) is 0 Å². The molecule has 0 atom stereocenters. The van der Waals surface area contributed by atoms with E-state index in [4.69, 9.17) is 4.74 Å². The normalized spacial score (nSPS) is 10.6. The number of carbonyl (C=O) groups excluding carboxylic acids is 1. The summed E-state index contributed by atoms with van der Waals surface area (Å²) in [4.78, 5) is 14.5. The fourth-order valence-electron chi connectivity index (χ4n) is 3.07. The van der Waals surface area contributed by atoms with Crippen LogP contribution in [0.5, 0.6) is 5.75 Å². The van der Waals surface area contributed by atoms with Gasteiger partial charge in [-0.05, 0) is 43.6 Å². The summed E-state index contributed by atoms with van der Waals surface area (Å²) in [6.45, 7) is 0.876. The smallest absolute Gasteiger partial charge is 0.311 e. The summed E-state index contributed by atoms with van der Waals surface area (Å²) in [5.41, 5.74) is 2.24. The van der Waals surface area contributed by atoms with E-state index in [1.807, 2.05) is 56.6 Å². The number of hydrogen-bond donors (Lipinski definition) is 0. The second kappa shape index (κ2) is 10.1. The van der Waals surface area contributed by atoms with Crippen LogP contribution in [0.4, 0.5) is 0 Å². The molecule has 0 saturated heterocycles. The van der Waals surface area contributed by atoms with E-state index in [-0.39, 0.29) is 18.4 Å². The number of rotatable bonds is 7. The standard InChI is InChI=1S/C23H25NO2.ClH/c1-24(2)16-8-13-22(25)26-23-20(17-18-9-4-3-5-10-18)15-14-19-11-6-7-12-21(19)23;/h3-7,9-12,14-15H,8,13,16-17H2,1-2H3;1H. The summed E-state index contributed by atoms with van der Waals surface area (Å²) >= 11 is 0. The molecule has 3 aromatic carbocycles. The van der Waals surface area contributed by atoms with E-state index in [0.717, 1.165) is 35.7 Å². The minimum Gasteiger partial charge on any atom is -0.426 e. The SMILES string of the molecule is CN(C)CCCC(=O)Oc1c(Cc2ccccc2)ccc2ccccc12.Cl. The highest BCUT2D eigenvalue weighted by atomic mass is 35.5.